The molecule has 0 aliphatic heterocycles. The Hall–Kier alpha value is -2.22. The fourth-order valence-electron chi connectivity index (χ4n) is 3.41. The first-order valence-electron chi connectivity index (χ1n) is 9.86. The third-order valence-electron chi connectivity index (χ3n) is 5.20. The van der Waals surface area contributed by atoms with E-state index < -0.39 is 21.5 Å². The second kappa shape index (κ2) is 8.65. The van der Waals surface area contributed by atoms with Crippen LogP contribution >= 0.6 is 0 Å². The minimum absolute atomic E-state index is 0.191. The second-order valence-corrected chi connectivity index (χ2v) is 9.82. The molecular formula is C22H28N2O4S. The van der Waals surface area contributed by atoms with E-state index in [1.807, 2.05) is 38.1 Å². The molecular weight excluding hydrogens is 388 g/mol. The molecule has 0 aromatic heterocycles. The van der Waals surface area contributed by atoms with Gasteiger partial charge in [0, 0.05) is 19.5 Å². The monoisotopic (exact) mass is 416 g/mol. The van der Waals surface area contributed by atoms with E-state index in [1.165, 1.54) is 17.7 Å². The van der Waals surface area contributed by atoms with E-state index in [9.17, 15) is 18.3 Å². The largest absolute Gasteiger partial charge is 0.380 e. The number of carbonyl (C=O) groups excluding carboxylic acids is 1. The van der Waals surface area contributed by atoms with Crippen molar-refractivity contribution >= 4 is 15.9 Å². The van der Waals surface area contributed by atoms with Crippen molar-refractivity contribution in [1.29, 1.82) is 0 Å². The lowest BCUT2D eigenvalue weighted by Crippen LogP contribution is -2.50. The molecule has 7 heteroatoms. The van der Waals surface area contributed by atoms with Crippen LogP contribution in [0.2, 0.25) is 0 Å². The molecule has 2 aromatic carbocycles. The standard InChI is InChI=1S/C22H28N2O4S/c1-16(2)14-24-29(27,28)20-9-7-17(8-10-20)15-23-21(25)22(26)12-11-18-5-3-4-6-19(18)13-22/h3-10,16,24,26H,11-15H2,1-2H3,(H,23,25). The molecule has 0 bridgehead atoms. The fourth-order valence-corrected chi connectivity index (χ4v) is 4.62. The van der Waals surface area contributed by atoms with E-state index in [0.717, 1.165) is 11.1 Å². The van der Waals surface area contributed by atoms with Crippen molar-refractivity contribution in [3.63, 3.8) is 0 Å². The van der Waals surface area contributed by atoms with E-state index in [1.54, 1.807) is 12.1 Å². The van der Waals surface area contributed by atoms with Gasteiger partial charge in [0.1, 0.15) is 5.60 Å². The van der Waals surface area contributed by atoms with Crippen LogP contribution in [0.1, 0.15) is 37.0 Å². The van der Waals surface area contributed by atoms with Gasteiger partial charge in [-0.25, -0.2) is 13.1 Å². The van der Waals surface area contributed by atoms with Gasteiger partial charge in [-0.15, -0.1) is 0 Å². The number of rotatable bonds is 7. The summed E-state index contributed by atoms with van der Waals surface area (Å²) in [6.07, 6.45) is 1.35. The maximum absolute atomic E-state index is 12.6. The van der Waals surface area contributed by atoms with Gasteiger partial charge in [-0.1, -0.05) is 50.2 Å². The Morgan fingerprint density at radius 3 is 2.41 bits per heavy atom. The molecule has 156 valence electrons. The second-order valence-electron chi connectivity index (χ2n) is 8.05. The quantitative estimate of drug-likeness (QED) is 0.645. The Balaban J connectivity index is 1.59. The van der Waals surface area contributed by atoms with Crippen molar-refractivity contribution < 1.29 is 18.3 Å². The summed E-state index contributed by atoms with van der Waals surface area (Å²) in [5, 5.41) is 13.6. The third kappa shape index (κ3) is 5.23. The molecule has 6 nitrogen and oxygen atoms in total. The zero-order valence-corrected chi connectivity index (χ0v) is 17.6. The van der Waals surface area contributed by atoms with Gasteiger partial charge in [0.25, 0.3) is 5.91 Å². The van der Waals surface area contributed by atoms with Gasteiger partial charge >= 0.3 is 0 Å². The minimum Gasteiger partial charge on any atom is -0.380 e. The average molecular weight is 417 g/mol. The first kappa shape index (κ1) is 21.5. The molecule has 3 rings (SSSR count). The number of sulfonamides is 1. The fraction of sp³-hybridized carbons (Fsp3) is 0.409. The highest BCUT2D eigenvalue weighted by Crippen LogP contribution is 2.29. The molecule has 0 saturated heterocycles. The smallest absolute Gasteiger partial charge is 0.252 e. The van der Waals surface area contributed by atoms with E-state index in [0.29, 0.717) is 25.8 Å². The van der Waals surface area contributed by atoms with E-state index in [4.69, 9.17) is 0 Å². The molecule has 1 unspecified atom stereocenters. The summed E-state index contributed by atoms with van der Waals surface area (Å²) in [7, 11) is -3.54. The maximum Gasteiger partial charge on any atom is 0.252 e. The summed E-state index contributed by atoms with van der Waals surface area (Å²) in [5.41, 5.74) is 1.52. The summed E-state index contributed by atoms with van der Waals surface area (Å²) in [4.78, 5) is 12.8. The summed E-state index contributed by atoms with van der Waals surface area (Å²) >= 11 is 0. The van der Waals surface area contributed by atoms with Crippen LogP contribution in [0.15, 0.2) is 53.4 Å². The summed E-state index contributed by atoms with van der Waals surface area (Å²) in [6.45, 7) is 4.48. The number of aliphatic hydroxyl groups is 1. The number of nitrogens with one attached hydrogen (secondary N) is 2. The number of amides is 1. The van der Waals surface area contributed by atoms with Gasteiger partial charge in [-0.05, 0) is 47.6 Å². The van der Waals surface area contributed by atoms with Gasteiger partial charge < -0.3 is 10.4 Å². The maximum atomic E-state index is 12.6. The molecule has 0 fully saturated rings. The van der Waals surface area contributed by atoms with Crippen molar-refractivity contribution in [3.05, 3.63) is 65.2 Å². The average Bonchev–Trinajstić information content (AvgIpc) is 2.70. The molecule has 0 radical (unpaired) electrons. The predicted molar refractivity (Wildman–Crippen MR) is 112 cm³/mol. The molecule has 1 amide bonds. The molecule has 1 atom stereocenters. The minimum atomic E-state index is -3.54. The highest BCUT2D eigenvalue weighted by molar-refractivity contribution is 7.89. The Kier molecular flexibility index (Phi) is 6.41. The molecule has 0 spiro atoms. The Bertz CT molecular complexity index is 971. The topological polar surface area (TPSA) is 95.5 Å². The van der Waals surface area contributed by atoms with Crippen molar-refractivity contribution in [2.24, 2.45) is 5.92 Å². The number of fused-ring (bicyclic) bond motifs is 1. The zero-order chi connectivity index (χ0) is 21.1. The van der Waals surface area contributed by atoms with Crippen LogP contribution < -0.4 is 10.0 Å². The van der Waals surface area contributed by atoms with Gasteiger partial charge in [0.2, 0.25) is 10.0 Å². The molecule has 1 aliphatic carbocycles. The highest BCUT2D eigenvalue weighted by Gasteiger charge is 2.38. The third-order valence-corrected chi connectivity index (χ3v) is 6.64. The predicted octanol–water partition coefficient (Wildman–Crippen LogP) is 2.16. The number of benzene rings is 2. The van der Waals surface area contributed by atoms with Crippen LogP contribution in [0, 0.1) is 5.92 Å². The zero-order valence-electron chi connectivity index (χ0n) is 16.8. The van der Waals surface area contributed by atoms with Crippen molar-refractivity contribution in [1.82, 2.24) is 10.0 Å². The molecule has 29 heavy (non-hydrogen) atoms. The van der Waals surface area contributed by atoms with Gasteiger partial charge in [0.15, 0.2) is 0 Å². The van der Waals surface area contributed by atoms with Crippen LogP contribution in [0.25, 0.3) is 0 Å². The summed E-state index contributed by atoms with van der Waals surface area (Å²) < 4.78 is 27.1. The lowest BCUT2D eigenvalue weighted by Gasteiger charge is -2.32. The van der Waals surface area contributed by atoms with Crippen LogP contribution in [-0.4, -0.2) is 31.6 Å². The Morgan fingerprint density at radius 1 is 1.10 bits per heavy atom. The first-order valence-corrected chi connectivity index (χ1v) is 11.3. The molecule has 0 saturated carbocycles. The van der Waals surface area contributed by atoms with Crippen LogP contribution in [0.5, 0.6) is 0 Å². The number of hydrogen-bond donors (Lipinski definition) is 3. The SMILES string of the molecule is CC(C)CNS(=O)(=O)c1ccc(CNC(=O)C2(O)CCc3ccccc3C2)cc1. The Morgan fingerprint density at radius 2 is 1.76 bits per heavy atom. The number of carbonyl (C=O) groups is 1. The van der Waals surface area contributed by atoms with Crippen molar-refractivity contribution in [2.45, 2.75) is 50.2 Å². The molecule has 1 aliphatic rings. The normalized spacial score (nSPS) is 19.0. The van der Waals surface area contributed by atoms with Crippen LogP contribution in [0.3, 0.4) is 0 Å². The van der Waals surface area contributed by atoms with Gasteiger partial charge in [-0.3, -0.25) is 4.79 Å². The number of hydrogen-bond acceptors (Lipinski definition) is 4. The highest BCUT2D eigenvalue weighted by atomic mass is 32.2. The van der Waals surface area contributed by atoms with Crippen LogP contribution in [0.4, 0.5) is 0 Å². The Labute approximate surface area is 172 Å². The number of aryl methyl sites for hydroxylation is 1. The van der Waals surface area contributed by atoms with E-state index in [-0.39, 0.29) is 17.4 Å². The van der Waals surface area contributed by atoms with Crippen molar-refractivity contribution in [2.75, 3.05) is 6.54 Å². The van der Waals surface area contributed by atoms with Crippen LogP contribution in [-0.2, 0) is 34.2 Å². The molecule has 2 aromatic rings. The van der Waals surface area contributed by atoms with Crippen molar-refractivity contribution in [3.8, 4) is 0 Å². The van der Waals surface area contributed by atoms with E-state index in [2.05, 4.69) is 10.0 Å². The first-order chi connectivity index (χ1) is 13.7. The summed E-state index contributed by atoms with van der Waals surface area (Å²) in [6, 6.07) is 14.2. The molecule has 0 heterocycles. The van der Waals surface area contributed by atoms with Gasteiger partial charge in [-0.2, -0.15) is 0 Å². The van der Waals surface area contributed by atoms with E-state index >= 15 is 0 Å². The molecule has 3 N–H and O–H groups in total. The lowest BCUT2D eigenvalue weighted by molar-refractivity contribution is -0.141. The summed E-state index contributed by atoms with van der Waals surface area (Å²) in [5.74, 6) is -0.181. The van der Waals surface area contributed by atoms with Gasteiger partial charge in [0.05, 0.1) is 4.90 Å². The lowest BCUT2D eigenvalue weighted by atomic mass is 9.80.